The average Bonchev–Trinajstić information content (AvgIpc) is 3.44. The zero-order valence-electron chi connectivity index (χ0n) is 17.7. The predicted octanol–water partition coefficient (Wildman–Crippen LogP) is 4.39. The van der Waals surface area contributed by atoms with Gasteiger partial charge in [0.15, 0.2) is 0 Å². The number of carbonyl (C=O) groups excluding carboxylic acids is 1. The zero-order valence-corrected chi connectivity index (χ0v) is 17.7. The lowest BCUT2D eigenvalue weighted by molar-refractivity contribution is -0.132. The van der Waals surface area contributed by atoms with E-state index in [1.165, 1.54) is 6.42 Å². The van der Waals surface area contributed by atoms with Crippen molar-refractivity contribution in [2.24, 2.45) is 4.99 Å². The van der Waals surface area contributed by atoms with Gasteiger partial charge in [-0.1, -0.05) is 74.7 Å². The van der Waals surface area contributed by atoms with Gasteiger partial charge in [-0.3, -0.25) is 14.7 Å². The fraction of sp³-hybridized carbons (Fsp3) is 0.375. The van der Waals surface area contributed by atoms with Crippen molar-refractivity contribution in [1.82, 2.24) is 25.5 Å². The van der Waals surface area contributed by atoms with Crippen molar-refractivity contribution >= 4 is 11.7 Å². The molecule has 0 bridgehead atoms. The van der Waals surface area contributed by atoms with Gasteiger partial charge in [-0.2, -0.15) is 5.21 Å². The molecule has 1 spiro atoms. The van der Waals surface area contributed by atoms with Gasteiger partial charge < -0.3 is 0 Å². The number of aromatic nitrogens is 4. The monoisotopic (exact) mass is 414 g/mol. The number of amides is 1. The fourth-order valence-corrected chi connectivity index (χ4v) is 4.80. The number of rotatable bonds is 5. The highest BCUT2D eigenvalue weighted by Gasteiger charge is 2.47. The molecule has 0 atom stereocenters. The molecule has 0 radical (unpaired) electrons. The Kier molecular flexibility index (Phi) is 5.10. The maximum atomic E-state index is 13.3. The summed E-state index contributed by atoms with van der Waals surface area (Å²) in [5.74, 6) is 1.69. The highest BCUT2D eigenvalue weighted by molar-refractivity contribution is 6.08. The van der Waals surface area contributed by atoms with Gasteiger partial charge in [0.2, 0.25) is 5.82 Å². The molecule has 1 fully saturated rings. The zero-order chi connectivity index (χ0) is 21.3. The van der Waals surface area contributed by atoms with E-state index in [2.05, 4.69) is 57.9 Å². The van der Waals surface area contributed by atoms with E-state index in [-0.39, 0.29) is 5.91 Å². The molecule has 3 aromatic rings. The van der Waals surface area contributed by atoms with Gasteiger partial charge in [-0.25, -0.2) is 0 Å². The minimum Gasteiger partial charge on any atom is -0.294 e. The highest BCUT2D eigenvalue weighted by atomic mass is 16.2. The first kappa shape index (κ1) is 19.6. The van der Waals surface area contributed by atoms with E-state index < -0.39 is 5.54 Å². The van der Waals surface area contributed by atoms with Crippen LogP contribution in [0.15, 0.2) is 53.5 Å². The second-order valence-corrected chi connectivity index (χ2v) is 8.34. The minimum atomic E-state index is -0.493. The Balaban J connectivity index is 1.38. The lowest BCUT2D eigenvalue weighted by Gasteiger charge is -2.29. The molecule has 158 valence electrons. The molecular formula is C24H26N6O. The second-order valence-electron chi connectivity index (χ2n) is 8.34. The summed E-state index contributed by atoms with van der Waals surface area (Å²) < 4.78 is 0. The molecule has 31 heavy (non-hydrogen) atoms. The van der Waals surface area contributed by atoms with Crippen molar-refractivity contribution in [2.75, 3.05) is 0 Å². The van der Waals surface area contributed by atoms with Crippen LogP contribution < -0.4 is 0 Å². The van der Waals surface area contributed by atoms with Crippen LogP contribution >= 0.6 is 0 Å². The van der Waals surface area contributed by atoms with Crippen molar-refractivity contribution < 1.29 is 4.79 Å². The lowest BCUT2D eigenvalue weighted by atomic mass is 9.82. The number of hydrogen-bond donors (Lipinski definition) is 1. The maximum Gasteiger partial charge on any atom is 0.256 e. The number of hydrogen-bond acceptors (Lipinski definition) is 5. The number of amidine groups is 1. The van der Waals surface area contributed by atoms with Crippen LogP contribution in [-0.4, -0.2) is 42.8 Å². The van der Waals surface area contributed by atoms with Gasteiger partial charge in [-0.15, -0.1) is 10.2 Å². The molecule has 1 amide bonds. The lowest BCUT2D eigenvalue weighted by Crippen LogP contribution is -2.43. The molecule has 1 saturated carbocycles. The van der Waals surface area contributed by atoms with Crippen LogP contribution in [0, 0.1) is 0 Å². The molecular weight excluding hydrogens is 388 g/mol. The van der Waals surface area contributed by atoms with E-state index in [4.69, 9.17) is 4.99 Å². The SMILES string of the molecule is CCC1=NC2(CCCCC2)C(=O)N1Cc1ccc(-c2ccccc2-c2nn[nH]n2)cc1. The summed E-state index contributed by atoms with van der Waals surface area (Å²) in [6.45, 7) is 2.65. The van der Waals surface area contributed by atoms with Crippen LogP contribution in [-0.2, 0) is 11.3 Å². The summed E-state index contributed by atoms with van der Waals surface area (Å²) in [5, 5.41) is 14.4. The van der Waals surface area contributed by atoms with Crippen molar-refractivity contribution in [2.45, 2.75) is 57.5 Å². The molecule has 0 saturated heterocycles. The Bertz CT molecular complexity index is 1100. The summed E-state index contributed by atoms with van der Waals surface area (Å²) in [7, 11) is 0. The van der Waals surface area contributed by atoms with Crippen molar-refractivity contribution in [1.29, 1.82) is 0 Å². The molecule has 2 aromatic carbocycles. The predicted molar refractivity (Wildman–Crippen MR) is 119 cm³/mol. The van der Waals surface area contributed by atoms with Gasteiger partial charge in [0.25, 0.3) is 5.91 Å². The Morgan fingerprint density at radius 3 is 2.42 bits per heavy atom. The maximum absolute atomic E-state index is 13.3. The molecule has 7 nitrogen and oxygen atoms in total. The molecule has 1 N–H and O–H groups in total. The normalized spacial score (nSPS) is 17.9. The molecule has 1 aliphatic carbocycles. The highest BCUT2D eigenvalue weighted by Crippen LogP contribution is 2.38. The molecule has 5 rings (SSSR count). The first-order valence-electron chi connectivity index (χ1n) is 11.0. The first-order valence-corrected chi connectivity index (χ1v) is 11.0. The van der Waals surface area contributed by atoms with Crippen molar-refractivity contribution in [3.63, 3.8) is 0 Å². The smallest absolute Gasteiger partial charge is 0.256 e. The Morgan fingerprint density at radius 1 is 1.00 bits per heavy atom. The van der Waals surface area contributed by atoms with Gasteiger partial charge in [0.1, 0.15) is 11.4 Å². The molecule has 0 unspecified atom stereocenters. The average molecular weight is 415 g/mol. The van der Waals surface area contributed by atoms with Crippen LogP contribution in [0.3, 0.4) is 0 Å². The minimum absolute atomic E-state index is 0.190. The summed E-state index contributed by atoms with van der Waals surface area (Å²) in [4.78, 5) is 20.2. The first-order chi connectivity index (χ1) is 15.2. The third kappa shape index (κ3) is 3.54. The van der Waals surface area contributed by atoms with E-state index in [0.29, 0.717) is 12.4 Å². The fourth-order valence-electron chi connectivity index (χ4n) is 4.80. The third-order valence-electron chi connectivity index (χ3n) is 6.41. The Labute approximate surface area is 181 Å². The number of tetrazole rings is 1. The largest absolute Gasteiger partial charge is 0.294 e. The van der Waals surface area contributed by atoms with Crippen LogP contribution in [0.5, 0.6) is 0 Å². The Hall–Kier alpha value is -3.35. The van der Waals surface area contributed by atoms with E-state index in [0.717, 1.165) is 60.2 Å². The quantitative estimate of drug-likeness (QED) is 0.671. The summed E-state index contributed by atoms with van der Waals surface area (Å²) in [6.07, 6.45) is 5.95. The number of aliphatic imine (C=N–C) groups is 1. The van der Waals surface area contributed by atoms with E-state index >= 15 is 0 Å². The molecule has 2 aliphatic rings. The number of carbonyl (C=O) groups is 1. The number of H-pyrrole nitrogens is 1. The van der Waals surface area contributed by atoms with Gasteiger partial charge in [0, 0.05) is 12.0 Å². The van der Waals surface area contributed by atoms with E-state index in [1.54, 1.807) is 0 Å². The number of aromatic amines is 1. The van der Waals surface area contributed by atoms with E-state index in [9.17, 15) is 4.79 Å². The van der Waals surface area contributed by atoms with Gasteiger partial charge in [0.05, 0.1) is 6.54 Å². The van der Waals surface area contributed by atoms with Crippen molar-refractivity contribution in [3.8, 4) is 22.5 Å². The molecule has 1 aromatic heterocycles. The van der Waals surface area contributed by atoms with Crippen LogP contribution in [0.2, 0.25) is 0 Å². The topological polar surface area (TPSA) is 87.1 Å². The Morgan fingerprint density at radius 2 is 1.74 bits per heavy atom. The van der Waals surface area contributed by atoms with Gasteiger partial charge in [-0.05, 0) is 34.7 Å². The van der Waals surface area contributed by atoms with Crippen molar-refractivity contribution in [3.05, 3.63) is 54.1 Å². The molecule has 7 heteroatoms. The van der Waals surface area contributed by atoms with Crippen LogP contribution in [0.1, 0.15) is 51.0 Å². The molecule has 1 aliphatic heterocycles. The third-order valence-corrected chi connectivity index (χ3v) is 6.41. The summed E-state index contributed by atoms with van der Waals surface area (Å²) in [6, 6.07) is 16.4. The van der Waals surface area contributed by atoms with Gasteiger partial charge >= 0.3 is 0 Å². The van der Waals surface area contributed by atoms with Crippen LogP contribution in [0.25, 0.3) is 22.5 Å². The number of benzene rings is 2. The molecule has 2 heterocycles. The summed E-state index contributed by atoms with van der Waals surface area (Å²) in [5.41, 5.74) is 3.66. The van der Waals surface area contributed by atoms with Crippen LogP contribution in [0.4, 0.5) is 0 Å². The number of nitrogens with zero attached hydrogens (tertiary/aromatic N) is 5. The second kappa shape index (κ2) is 8.06. The summed E-state index contributed by atoms with van der Waals surface area (Å²) >= 11 is 0. The number of nitrogens with one attached hydrogen (secondary N) is 1. The van der Waals surface area contributed by atoms with E-state index in [1.807, 2.05) is 23.1 Å². The standard InChI is InChI=1S/C24H26N6O/c1-2-21-25-24(14-6-3-7-15-24)23(31)30(21)16-17-10-12-18(13-11-17)19-8-4-5-9-20(19)22-26-28-29-27-22/h4-5,8-13H,2-3,6-7,14-16H2,1H3,(H,26,27,28,29).